The van der Waals surface area contributed by atoms with Gasteiger partial charge in [-0.15, -0.1) is 0 Å². The third-order valence-electron chi connectivity index (χ3n) is 6.22. The average Bonchev–Trinajstić information content (AvgIpc) is 2.97. The van der Waals surface area contributed by atoms with Crippen molar-refractivity contribution >= 4 is 33.3 Å². The summed E-state index contributed by atoms with van der Waals surface area (Å²) in [5, 5.41) is 11.6. The maximum absolute atomic E-state index is 13.6. The second-order valence-electron chi connectivity index (χ2n) is 8.49. The Kier molecular flexibility index (Phi) is 6.06. The van der Waals surface area contributed by atoms with Crippen molar-refractivity contribution in [3.63, 3.8) is 0 Å². The summed E-state index contributed by atoms with van der Waals surface area (Å²) in [5.41, 5.74) is 4.05. The summed E-state index contributed by atoms with van der Waals surface area (Å²) in [6.07, 6.45) is 0.579. The zero-order valence-corrected chi connectivity index (χ0v) is 20.1. The third-order valence-corrected chi connectivity index (χ3v) is 6.71. The highest BCUT2D eigenvalue weighted by Gasteiger charge is 2.51. The number of benzene rings is 3. The maximum atomic E-state index is 13.6. The predicted octanol–water partition coefficient (Wildman–Crippen LogP) is 5.64. The van der Waals surface area contributed by atoms with Crippen molar-refractivity contribution in [1.29, 1.82) is 0 Å². The molecular weight excluding hydrogens is 466 g/mol. The second-order valence-corrected chi connectivity index (χ2v) is 9.41. The summed E-state index contributed by atoms with van der Waals surface area (Å²) in [5.74, 6) is -0.730. The van der Waals surface area contributed by atoms with E-state index in [0.717, 1.165) is 33.1 Å². The van der Waals surface area contributed by atoms with Crippen LogP contribution < -0.4 is 4.90 Å². The van der Waals surface area contributed by atoms with Crippen LogP contribution >= 0.6 is 15.9 Å². The molecule has 1 atom stereocenters. The van der Waals surface area contributed by atoms with Gasteiger partial charge >= 0.3 is 0 Å². The largest absolute Gasteiger partial charge is 0.375 e. The standard InChI is InChI=1S/C27H26BrNO3/c1-4-19-6-9-20(10-7-19)25(30)15-27(32)23-14-22(28)11-12-24(23)29(26(27)31)16-21-8-5-17(2)13-18(21)3/h5-14,32H,4,15-16H2,1-3H3/t27-/m1/s1. The van der Waals surface area contributed by atoms with Crippen LogP contribution in [0.2, 0.25) is 0 Å². The average molecular weight is 492 g/mol. The monoisotopic (exact) mass is 491 g/mol. The highest BCUT2D eigenvalue weighted by molar-refractivity contribution is 9.10. The number of Topliss-reactive ketones (excluding diaryl/α,β-unsaturated/α-hetero) is 1. The van der Waals surface area contributed by atoms with Gasteiger partial charge in [-0.1, -0.05) is 70.9 Å². The number of nitrogens with zero attached hydrogens (tertiary/aromatic N) is 1. The quantitative estimate of drug-likeness (QED) is 0.454. The molecule has 0 saturated heterocycles. The summed E-state index contributed by atoms with van der Waals surface area (Å²) in [6, 6.07) is 18.8. The Hall–Kier alpha value is -2.76. The molecule has 3 aromatic rings. The molecule has 1 heterocycles. The first-order valence-electron chi connectivity index (χ1n) is 10.8. The Balaban J connectivity index is 1.69. The molecule has 0 aromatic heterocycles. The maximum Gasteiger partial charge on any atom is 0.264 e. The van der Waals surface area contributed by atoms with Crippen molar-refractivity contribution in [3.05, 3.63) is 98.5 Å². The molecule has 0 spiro atoms. The molecule has 1 aliphatic heterocycles. The SMILES string of the molecule is CCc1ccc(C(=O)C[C@]2(O)C(=O)N(Cc3ccc(C)cc3C)c3ccc(Br)cc32)cc1. The number of halogens is 1. The molecule has 0 unspecified atom stereocenters. The minimum atomic E-state index is -1.90. The van der Waals surface area contributed by atoms with E-state index in [0.29, 0.717) is 23.4 Å². The van der Waals surface area contributed by atoms with Crippen molar-refractivity contribution in [2.24, 2.45) is 0 Å². The summed E-state index contributed by atoms with van der Waals surface area (Å²) in [6.45, 7) is 6.43. The Morgan fingerprint density at radius 2 is 1.75 bits per heavy atom. The zero-order chi connectivity index (χ0) is 23.0. The molecule has 3 aromatic carbocycles. The summed E-state index contributed by atoms with van der Waals surface area (Å²) in [7, 11) is 0. The van der Waals surface area contributed by atoms with Crippen LogP contribution in [0.15, 0.2) is 65.1 Å². The van der Waals surface area contributed by atoms with Crippen LogP contribution in [0.5, 0.6) is 0 Å². The molecule has 1 aliphatic rings. The number of carbonyl (C=O) groups excluding carboxylic acids is 2. The molecule has 164 valence electrons. The summed E-state index contributed by atoms with van der Waals surface area (Å²) < 4.78 is 0.746. The Morgan fingerprint density at radius 3 is 2.41 bits per heavy atom. The van der Waals surface area contributed by atoms with Gasteiger partial charge in [-0.05, 0) is 55.2 Å². The number of fused-ring (bicyclic) bond motifs is 1. The van der Waals surface area contributed by atoms with Crippen molar-refractivity contribution in [2.75, 3.05) is 4.90 Å². The first kappa shape index (κ1) is 22.4. The van der Waals surface area contributed by atoms with E-state index < -0.39 is 11.5 Å². The van der Waals surface area contributed by atoms with E-state index in [1.165, 1.54) is 0 Å². The molecule has 0 aliphatic carbocycles. The van der Waals surface area contributed by atoms with Crippen LogP contribution in [0.3, 0.4) is 0 Å². The van der Waals surface area contributed by atoms with Gasteiger partial charge in [0.15, 0.2) is 11.4 Å². The number of amides is 1. The fourth-order valence-electron chi connectivity index (χ4n) is 4.30. The van der Waals surface area contributed by atoms with Crippen LogP contribution in [0.4, 0.5) is 5.69 Å². The predicted molar refractivity (Wildman–Crippen MR) is 130 cm³/mol. The first-order valence-corrected chi connectivity index (χ1v) is 11.5. The lowest BCUT2D eigenvalue weighted by Gasteiger charge is -2.23. The number of carbonyl (C=O) groups is 2. The van der Waals surface area contributed by atoms with Gasteiger partial charge in [0, 0.05) is 15.6 Å². The molecule has 0 saturated carbocycles. The second kappa shape index (κ2) is 8.64. The van der Waals surface area contributed by atoms with E-state index in [-0.39, 0.29) is 12.2 Å². The molecule has 4 rings (SSSR count). The van der Waals surface area contributed by atoms with E-state index in [9.17, 15) is 14.7 Å². The Morgan fingerprint density at radius 1 is 1.03 bits per heavy atom. The summed E-state index contributed by atoms with van der Waals surface area (Å²) >= 11 is 3.44. The van der Waals surface area contributed by atoms with Gasteiger partial charge in [0.05, 0.1) is 18.7 Å². The minimum Gasteiger partial charge on any atom is -0.375 e. The molecule has 0 bridgehead atoms. The summed E-state index contributed by atoms with van der Waals surface area (Å²) in [4.78, 5) is 28.2. The number of aryl methyl sites for hydroxylation is 3. The molecule has 4 nitrogen and oxygen atoms in total. The molecule has 32 heavy (non-hydrogen) atoms. The van der Waals surface area contributed by atoms with E-state index in [1.54, 1.807) is 23.1 Å². The smallest absolute Gasteiger partial charge is 0.264 e. The van der Waals surface area contributed by atoms with Gasteiger partial charge in [-0.2, -0.15) is 0 Å². The Bertz CT molecular complexity index is 1200. The molecule has 1 amide bonds. The van der Waals surface area contributed by atoms with Crippen molar-refractivity contribution in [3.8, 4) is 0 Å². The number of ketones is 1. The van der Waals surface area contributed by atoms with Gasteiger partial charge in [-0.25, -0.2) is 0 Å². The van der Waals surface area contributed by atoms with E-state index in [1.807, 2.05) is 50.2 Å². The van der Waals surface area contributed by atoms with Gasteiger partial charge in [0.1, 0.15) is 0 Å². The fraction of sp³-hybridized carbons (Fsp3) is 0.259. The van der Waals surface area contributed by atoms with Crippen LogP contribution in [-0.2, 0) is 23.4 Å². The molecule has 0 fully saturated rings. The molecule has 1 N–H and O–H groups in total. The van der Waals surface area contributed by atoms with Crippen molar-refractivity contribution in [1.82, 2.24) is 0 Å². The lowest BCUT2D eigenvalue weighted by atomic mass is 9.88. The van der Waals surface area contributed by atoms with E-state index >= 15 is 0 Å². The van der Waals surface area contributed by atoms with Gasteiger partial charge < -0.3 is 10.0 Å². The number of aliphatic hydroxyl groups is 1. The van der Waals surface area contributed by atoms with Crippen molar-refractivity contribution < 1.29 is 14.7 Å². The van der Waals surface area contributed by atoms with Crippen LogP contribution in [0.1, 0.15) is 51.5 Å². The Labute approximate surface area is 197 Å². The molecule has 0 radical (unpaired) electrons. The lowest BCUT2D eigenvalue weighted by Crippen LogP contribution is -2.41. The molecular formula is C27H26BrNO3. The van der Waals surface area contributed by atoms with Crippen molar-refractivity contribution in [2.45, 2.75) is 45.8 Å². The van der Waals surface area contributed by atoms with E-state index in [2.05, 4.69) is 28.9 Å². The zero-order valence-electron chi connectivity index (χ0n) is 18.5. The van der Waals surface area contributed by atoms with Gasteiger partial charge in [0.25, 0.3) is 5.91 Å². The third kappa shape index (κ3) is 4.03. The van der Waals surface area contributed by atoms with Gasteiger partial charge in [-0.3, -0.25) is 9.59 Å². The first-order chi connectivity index (χ1) is 15.2. The highest BCUT2D eigenvalue weighted by atomic mass is 79.9. The van der Waals surface area contributed by atoms with Crippen LogP contribution in [0.25, 0.3) is 0 Å². The van der Waals surface area contributed by atoms with Crippen LogP contribution in [-0.4, -0.2) is 16.8 Å². The van der Waals surface area contributed by atoms with Crippen LogP contribution in [0, 0.1) is 13.8 Å². The van der Waals surface area contributed by atoms with E-state index in [4.69, 9.17) is 0 Å². The number of hydrogen-bond acceptors (Lipinski definition) is 3. The number of anilines is 1. The fourth-order valence-corrected chi connectivity index (χ4v) is 4.67. The number of hydrogen-bond donors (Lipinski definition) is 1. The minimum absolute atomic E-state index is 0.261. The lowest BCUT2D eigenvalue weighted by molar-refractivity contribution is -0.136. The normalized spacial score (nSPS) is 17.5. The highest BCUT2D eigenvalue weighted by Crippen LogP contribution is 2.45. The van der Waals surface area contributed by atoms with Gasteiger partial charge in [0.2, 0.25) is 0 Å². The molecule has 5 heteroatoms. The number of rotatable bonds is 6. The topological polar surface area (TPSA) is 57.6 Å².